The summed E-state index contributed by atoms with van der Waals surface area (Å²) in [6.07, 6.45) is 25.7. The molecule has 0 heterocycles. The topological polar surface area (TPSA) is 20.2 Å². The molecule has 1 nitrogen and oxygen atoms in total. The fourth-order valence-electron chi connectivity index (χ4n) is 4.76. The van der Waals surface area contributed by atoms with E-state index in [4.69, 9.17) is 0 Å². The third-order valence-electron chi connectivity index (χ3n) is 7.09. The van der Waals surface area contributed by atoms with Gasteiger partial charge in [0.15, 0.2) is 0 Å². The highest BCUT2D eigenvalue weighted by Crippen LogP contribution is 2.34. The standard InChI is InChI=1S/C33H54O/c1-26(2)12-8-14-28(5)16-10-17-30(7)20-22-32-24-31(21-23-33(32)25-34)19-11-18-29(6)15-9-13-27(3)4/h12-13,16,18,24,32-34H,7-11,14-15,17,19-23,25H2,1-6H3/b28-16+,29-18+. The average Bonchev–Trinajstić information content (AvgIpc) is 2.77. The lowest BCUT2D eigenvalue weighted by Gasteiger charge is -2.29. The number of hydrogen-bond acceptors (Lipinski definition) is 1. The van der Waals surface area contributed by atoms with Gasteiger partial charge in [-0.25, -0.2) is 0 Å². The Kier molecular flexibility index (Phi) is 15.9. The van der Waals surface area contributed by atoms with E-state index in [1.165, 1.54) is 40.7 Å². The molecule has 0 aromatic rings. The molecule has 0 fully saturated rings. The predicted molar refractivity (Wildman–Crippen MR) is 153 cm³/mol. The van der Waals surface area contributed by atoms with Gasteiger partial charge < -0.3 is 5.11 Å². The average molecular weight is 467 g/mol. The molecule has 34 heavy (non-hydrogen) atoms. The minimum Gasteiger partial charge on any atom is -0.396 e. The van der Waals surface area contributed by atoms with Gasteiger partial charge in [-0.3, -0.25) is 0 Å². The molecule has 1 aliphatic rings. The van der Waals surface area contributed by atoms with Crippen LogP contribution in [0, 0.1) is 11.8 Å². The molecule has 0 aromatic heterocycles. The number of allylic oxidation sites excluding steroid dienone is 11. The predicted octanol–water partition coefficient (Wildman–Crippen LogP) is 10.2. The fraction of sp³-hybridized carbons (Fsp3) is 0.636. The van der Waals surface area contributed by atoms with Gasteiger partial charge in [0.2, 0.25) is 0 Å². The summed E-state index contributed by atoms with van der Waals surface area (Å²) in [5.41, 5.74) is 8.78. The van der Waals surface area contributed by atoms with Crippen LogP contribution in [0.5, 0.6) is 0 Å². The normalized spacial score (nSPS) is 19.0. The molecule has 0 saturated heterocycles. The second kappa shape index (κ2) is 17.8. The third-order valence-corrected chi connectivity index (χ3v) is 7.09. The van der Waals surface area contributed by atoms with Crippen LogP contribution in [0.1, 0.15) is 119 Å². The summed E-state index contributed by atoms with van der Waals surface area (Å²) >= 11 is 0. The van der Waals surface area contributed by atoms with Gasteiger partial charge in [-0.1, -0.05) is 70.4 Å². The van der Waals surface area contributed by atoms with Crippen LogP contribution >= 0.6 is 0 Å². The highest BCUT2D eigenvalue weighted by molar-refractivity contribution is 5.13. The number of aliphatic hydroxyl groups excluding tert-OH is 1. The Labute approximate surface area is 212 Å². The minimum atomic E-state index is 0.317. The molecule has 0 spiro atoms. The van der Waals surface area contributed by atoms with Crippen LogP contribution in [0.4, 0.5) is 0 Å². The van der Waals surface area contributed by atoms with Gasteiger partial charge >= 0.3 is 0 Å². The summed E-state index contributed by atoms with van der Waals surface area (Å²) in [5, 5.41) is 9.91. The molecular weight excluding hydrogens is 412 g/mol. The lowest BCUT2D eigenvalue weighted by atomic mass is 9.77. The Morgan fingerprint density at radius 2 is 1.38 bits per heavy atom. The van der Waals surface area contributed by atoms with Crippen LogP contribution in [-0.2, 0) is 0 Å². The zero-order valence-corrected chi connectivity index (χ0v) is 23.4. The van der Waals surface area contributed by atoms with E-state index in [9.17, 15) is 5.11 Å². The van der Waals surface area contributed by atoms with Crippen LogP contribution in [0.2, 0.25) is 0 Å². The van der Waals surface area contributed by atoms with Crippen molar-refractivity contribution in [3.05, 3.63) is 70.4 Å². The summed E-state index contributed by atoms with van der Waals surface area (Å²) in [4.78, 5) is 0. The zero-order valence-electron chi connectivity index (χ0n) is 23.4. The number of rotatable bonds is 16. The molecule has 0 aromatic carbocycles. The maximum absolute atomic E-state index is 9.91. The van der Waals surface area contributed by atoms with Crippen LogP contribution < -0.4 is 0 Å². The van der Waals surface area contributed by atoms with Crippen molar-refractivity contribution in [2.45, 2.75) is 119 Å². The largest absolute Gasteiger partial charge is 0.396 e. The van der Waals surface area contributed by atoms with Gasteiger partial charge in [0.25, 0.3) is 0 Å². The van der Waals surface area contributed by atoms with E-state index in [0.29, 0.717) is 18.4 Å². The Balaban J connectivity index is 2.45. The smallest absolute Gasteiger partial charge is 0.0465 e. The molecular formula is C33H54O. The van der Waals surface area contributed by atoms with Crippen LogP contribution in [0.3, 0.4) is 0 Å². The Morgan fingerprint density at radius 1 is 0.824 bits per heavy atom. The van der Waals surface area contributed by atoms with Crippen molar-refractivity contribution in [3.63, 3.8) is 0 Å². The highest BCUT2D eigenvalue weighted by atomic mass is 16.3. The molecule has 2 atom stereocenters. The molecule has 192 valence electrons. The molecule has 0 bridgehead atoms. The molecule has 1 N–H and O–H groups in total. The lowest BCUT2D eigenvalue weighted by Crippen LogP contribution is -2.21. The SMILES string of the molecule is C=C(CC/C=C(\C)CCC=C(C)C)CCC1C=C(CC/C=C(\C)CCC=C(C)C)CCC1CO. The first-order valence-electron chi connectivity index (χ1n) is 13.8. The molecule has 0 amide bonds. The van der Waals surface area contributed by atoms with Crippen molar-refractivity contribution in [1.29, 1.82) is 0 Å². The first-order valence-corrected chi connectivity index (χ1v) is 13.8. The highest BCUT2D eigenvalue weighted by Gasteiger charge is 2.23. The zero-order chi connectivity index (χ0) is 25.3. The first-order chi connectivity index (χ1) is 16.2. The van der Waals surface area contributed by atoms with E-state index >= 15 is 0 Å². The molecule has 0 saturated carbocycles. The van der Waals surface area contributed by atoms with Crippen molar-refractivity contribution < 1.29 is 5.11 Å². The van der Waals surface area contributed by atoms with Crippen LogP contribution in [0.15, 0.2) is 70.4 Å². The van der Waals surface area contributed by atoms with Gasteiger partial charge in [-0.15, -0.1) is 0 Å². The molecule has 2 unspecified atom stereocenters. The second-order valence-electron chi connectivity index (χ2n) is 11.1. The number of hydrogen-bond donors (Lipinski definition) is 1. The molecule has 0 radical (unpaired) electrons. The van der Waals surface area contributed by atoms with E-state index in [-0.39, 0.29) is 0 Å². The molecule has 1 rings (SSSR count). The maximum Gasteiger partial charge on any atom is 0.0465 e. The van der Waals surface area contributed by atoms with E-state index in [2.05, 4.69) is 78.5 Å². The van der Waals surface area contributed by atoms with Crippen molar-refractivity contribution in [2.75, 3.05) is 6.61 Å². The molecule has 1 heteroatoms. The van der Waals surface area contributed by atoms with E-state index in [1.807, 2.05) is 0 Å². The van der Waals surface area contributed by atoms with Gasteiger partial charge in [-0.2, -0.15) is 0 Å². The summed E-state index contributed by atoms with van der Waals surface area (Å²) in [6.45, 7) is 17.9. The van der Waals surface area contributed by atoms with Crippen LogP contribution in [-0.4, -0.2) is 11.7 Å². The van der Waals surface area contributed by atoms with Crippen molar-refractivity contribution in [2.24, 2.45) is 11.8 Å². The first kappa shape index (κ1) is 30.4. The Hall–Kier alpha value is -1.60. The second-order valence-corrected chi connectivity index (χ2v) is 11.1. The minimum absolute atomic E-state index is 0.317. The van der Waals surface area contributed by atoms with Gasteiger partial charge in [-0.05, 0) is 130 Å². The quantitative estimate of drug-likeness (QED) is 0.224. The van der Waals surface area contributed by atoms with E-state index in [1.54, 1.807) is 5.57 Å². The Morgan fingerprint density at radius 3 is 1.94 bits per heavy atom. The van der Waals surface area contributed by atoms with E-state index in [0.717, 1.165) is 64.2 Å². The van der Waals surface area contributed by atoms with Gasteiger partial charge in [0.05, 0.1) is 0 Å². The summed E-state index contributed by atoms with van der Waals surface area (Å²) < 4.78 is 0. The monoisotopic (exact) mass is 466 g/mol. The summed E-state index contributed by atoms with van der Waals surface area (Å²) in [7, 11) is 0. The fourth-order valence-corrected chi connectivity index (χ4v) is 4.76. The third kappa shape index (κ3) is 14.6. The summed E-state index contributed by atoms with van der Waals surface area (Å²) in [5.74, 6) is 0.935. The van der Waals surface area contributed by atoms with Gasteiger partial charge in [0, 0.05) is 6.61 Å². The van der Waals surface area contributed by atoms with E-state index < -0.39 is 0 Å². The Bertz CT molecular complexity index is 747. The molecule has 1 aliphatic carbocycles. The van der Waals surface area contributed by atoms with Crippen molar-refractivity contribution in [3.8, 4) is 0 Å². The van der Waals surface area contributed by atoms with Crippen molar-refractivity contribution >= 4 is 0 Å². The van der Waals surface area contributed by atoms with Crippen LogP contribution in [0.25, 0.3) is 0 Å². The number of aliphatic hydroxyl groups is 1. The molecule has 0 aliphatic heterocycles. The van der Waals surface area contributed by atoms with Crippen molar-refractivity contribution in [1.82, 2.24) is 0 Å². The maximum atomic E-state index is 9.91. The summed E-state index contributed by atoms with van der Waals surface area (Å²) in [6, 6.07) is 0. The van der Waals surface area contributed by atoms with Gasteiger partial charge in [0.1, 0.15) is 0 Å². The lowest BCUT2D eigenvalue weighted by molar-refractivity contribution is 0.174.